The van der Waals surface area contributed by atoms with Gasteiger partial charge in [-0.3, -0.25) is 0 Å². The highest BCUT2D eigenvalue weighted by Crippen LogP contribution is 2.34. The van der Waals surface area contributed by atoms with Gasteiger partial charge >= 0.3 is 0 Å². The van der Waals surface area contributed by atoms with Gasteiger partial charge in [0.15, 0.2) is 0 Å². The standard InChI is InChI=1S/C11H19N/c1-9-7-12-8-10-5-3-2-4-6-11(9)10/h7,10-12H,2-6,8H2,1H3. The van der Waals surface area contributed by atoms with Crippen molar-refractivity contribution in [1.29, 1.82) is 0 Å². The molecule has 68 valence electrons. The van der Waals surface area contributed by atoms with Crippen LogP contribution in [-0.4, -0.2) is 6.54 Å². The summed E-state index contributed by atoms with van der Waals surface area (Å²) in [6, 6.07) is 0. The molecule has 0 radical (unpaired) electrons. The first-order chi connectivity index (χ1) is 5.88. The molecule has 1 fully saturated rings. The Bertz CT molecular complexity index is 183. The van der Waals surface area contributed by atoms with E-state index in [2.05, 4.69) is 18.4 Å². The van der Waals surface area contributed by atoms with Crippen molar-refractivity contribution < 1.29 is 0 Å². The Morgan fingerprint density at radius 3 is 3.00 bits per heavy atom. The van der Waals surface area contributed by atoms with E-state index in [0.29, 0.717) is 0 Å². The predicted octanol–water partition coefficient (Wildman–Crippen LogP) is 2.69. The number of fused-ring (bicyclic) bond motifs is 1. The van der Waals surface area contributed by atoms with Crippen molar-refractivity contribution in [2.75, 3.05) is 6.54 Å². The maximum absolute atomic E-state index is 3.40. The number of hydrogen-bond donors (Lipinski definition) is 1. The van der Waals surface area contributed by atoms with Gasteiger partial charge in [-0.05, 0) is 37.8 Å². The van der Waals surface area contributed by atoms with Crippen LogP contribution in [-0.2, 0) is 0 Å². The summed E-state index contributed by atoms with van der Waals surface area (Å²) in [5, 5.41) is 3.40. The van der Waals surface area contributed by atoms with E-state index in [0.717, 1.165) is 11.8 Å². The molecule has 2 atom stereocenters. The summed E-state index contributed by atoms with van der Waals surface area (Å²) in [7, 11) is 0. The Morgan fingerprint density at radius 2 is 2.08 bits per heavy atom. The second kappa shape index (κ2) is 3.51. The third-order valence-electron chi connectivity index (χ3n) is 3.45. The quantitative estimate of drug-likeness (QED) is 0.582. The molecule has 1 heterocycles. The average molecular weight is 165 g/mol. The molecular weight excluding hydrogens is 146 g/mol. The molecule has 2 rings (SSSR count). The Kier molecular flexibility index (Phi) is 2.38. The molecule has 2 unspecified atom stereocenters. The first kappa shape index (κ1) is 8.15. The van der Waals surface area contributed by atoms with E-state index in [1.807, 2.05) is 0 Å². The number of hydrogen-bond acceptors (Lipinski definition) is 1. The van der Waals surface area contributed by atoms with Crippen LogP contribution in [0, 0.1) is 11.8 Å². The molecule has 1 saturated carbocycles. The minimum atomic E-state index is 0.911. The minimum absolute atomic E-state index is 0.911. The molecule has 0 bridgehead atoms. The molecule has 1 aliphatic carbocycles. The van der Waals surface area contributed by atoms with Gasteiger partial charge in [-0.1, -0.05) is 24.8 Å². The Labute approximate surface area is 75.2 Å². The summed E-state index contributed by atoms with van der Waals surface area (Å²) in [4.78, 5) is 0. The number of allylic oxidation sites excluding steroid dienone is 1. The molecule has 1 N–H and O–H groups in total. The SMILES string of the molecule is CC1=CNCC2CCCCCC12. The lowest BCUT2D eigenvalue weighted by Gasteiger charge is -2.30. The van der Waals surface area contributed by atoms with Crippen molar-refractivity contribution in [2.24, 2.45) is 11.8 Å². The molecule has 0 aromatic heterocycles. The molecule has 0 amide bonds. The highest BCUT2D eigenvalue weighted by Gasteiger charge is 2.26. The van der Waals surface area contributed by atoms with E-state index in [-0.39, 0.29) is 0 Å². The van der Waals surface area contributed by atoms with Gasteiger partial charge in [0, 0.05) is 6.54 Å². The molecule has 0 saturated heterocycles. The van der Waals surface area contributed by atoms with Crippen LogP contribution in [0.3, 0.4) is 0 Å². The van der Waals surface area contributed by atoms with Crippen molar-refractivity contribution in [2.45, 2.75) is 39.0 Å². The first-order valence-corrected chi connectivity index (χ1v) is 5.28. The van der Waals surface area contributed by atoms with Crippen LogP contribution in [0.5, 0.6) is 0 Å². The van der Waals surface area contributed by atoms with Crippen LogP contribution in [0.4, 0.5) is 0 Å². The molecule has 1 aliphatic heterocycles. The van der Waals surface area contributed by atoms with Crippen LogP contribution in [0.1, 0.15) is 39.0 Å². The summed E-state index contributed by atoms with van der Waals surface area (Å²) >= 11 is 0. The zero-order valence-electron chi connectivity index (χ0n) is 7.97. The monoisotopic (exact) mass is 165 g/mol. The van der Waals surface area contributed by atoms with Gasteiger partial charge in [0.1, 0.15) is 0 Å². The third kappa shape index (κ3) is 1.50. The second-order valence-electron chi connectivity index (χ2n) is 4.30. The maximum atomic E-state index is 3.40. The van der Waals surface area contributed by atoms with Gasteiger partial charge in [-0.15, -0.1) is 0 Å². The summed E-state index contributed by atoms with van der Waals surface area (Å²) in [6.45, 7) is 3.51. The second-order valence-corrected chi connectivity index (χ2v) is 4.30. The van der Waals surface area contributed by atoms with Gasteiger partial charge in [-0.25, -0.2) is 0 Å². The zero-order valence-corrected chi connectivity index (χ0v) is 7.97. The smallest absolute Gasteiger partial charge is 0.0175 e. The van der Waals surface area contributed by atoms with E-state index in [9.17, 15) is 0 Å². The van der Waals surface area contributed by atoms with Gasteiger partial charge in [0.25, 0.3) is 0 Å². The fourth-order valence-electron chi connectivity index (χ4n) is 2.71. The molecule has 0 spiro atoms. The third-order valence-corrected chi connectivity index (χ3v) is 3.45. The normalized spacial score (nSPS) is 35.9. The molecule has 12 heavy (non-hydrogen) atoms. The fourth-order valence-corrected chi connectivity index (χ4v) is 2.71. The Balaban J connectivity index is 2.10. The highest BCUT2D eigenvalue weighted by atomic mass is 14.9. The number of rotatable bonds is 0. The first-order valence-electron chi connectivity index (χ1n) is 5.28. The van der Waals surface area contributed by atoms with E-state index in [4.69, 9.17) is 0 Å². The summed E-state index contributed by atoms with van der Waals surface area (Å²) in [5.41, 5.74) is 1.59. The van der Waals surface area contributed by atoms with Crippen LogP contribution < -0.4 is 5.32 Å². The summed E-state index contributed by atoms with van der Waals surface area (Å²) in [5.74, 6) is 1.85. The predicted molar refractivity (Wildman–Crippen MR) is 51.8 cm³/mol. The van der Waals surface area contributed by atoms with Crippen LogP contribution in [0.2, 0.25) is 0 Å². The summed E-state index contributed by atoms with van der Waals surface area (Å²) < 4.78 is 0. The van der Waals surface area contributed by atoms with E-state index in [1.54, 1.807) is 5.57 Å². The topological polar surface area (TPSA) is 12.0 Å². The van der Waals surface area contributed by atoms with Crippen molar-refractivity contribution in [3.63, 3.8) is 0 Å². The van der Waals surface area contributed by atoms with Crippen LogP contribution in [0.25, 0.3) is 0 Å². The molecule has 0 aromatic carbocycles. The van der Waals surface area contributed by atoms with Crippen molar-refractivity contribution in [1.82, 2.24) is 5.32 Å². The van der Waals surface area contributed by atoms with E-state index < -0.39 is 0 Å². The summed E-state index contributed by atoms with van der Waals surface area (Å²) in [6.07, 6.45) is 9.48. The highest BCUT2D eigenvalue weighted by molar-refractivity contribution is 5.08. The zero-order chi connectivity index (χ0) is 8.39. The van der Waals surface area contributed by atoms with Crippen molar-refractivity contribution >= 4 is 0 Å². The largest absolute Gasteiger partial charge is 0.391 e. The minimum Gasteiger partial charge on any atom is -0.391 e. The number of nitrogens with one attached hydrogen (secondary N) is 1. The van der Waals surface area contributed by atoms with E-state index >= 15 is 0 Å². The lowest BCUT2D eigenvalue weighted by Crippen LogP contribution is -2.30. The van der Waals surface area contributed by atoms with E-state index in [1.165, 1.54) is 38.6 Å². The lowest BCUT2D eigenvalue weighted by atomic mass is 9.81. The molecular formula is C11H19N. The van der Waals surface area contributed by atoms with Gasteiger partial charge < -0.3 is 5.32 Å². The molecule has 2 aliphatic rings. The maximum Gasteiger partial charge on any atom is 0.0175 e. The molecule has 1 nitrogen and oxygen atoms in total. The van der Waals surface area contributed by atoms with Crippen molar-refractivity contribution in [3.05, 3.63) is 11.8 Å². The van der Waals surface area contributed by atoms with Gasteiger partial charge in [-0.2, -0.15) is 0 Å². The Morgan fingerprint density at radius 1 is 1.25 bits per heavy atom. The molecule has 0 aromatic rings. The fraction of sp³-hybridized carbons (Fsp3) is 0.818. The Hall–Kier alpha value is -0.460. The van der Waals surface area contributed by atoms with Gasteiger partial charge in [0.2, 0.25) is 0 Å². The van der Waals surface area contributed by atoms with Gasteiger partial charge in [0.05, 0.1) is 0 Å². The average Bonchev–Trinajstić information content (AvgIpc) is 2.30. The molecule has 1 heteroatoms. The lowest BCUT2D eigenvalue weighted by molar-refractivity contribution is 0.331. The van der Waals surface area contributed by atoms with Crippen LogP contribution >= 0.6 is 0 Å². The van der Waals surface area contributed by atoms with Crippen LogP contribution in [0.15, 0.2) is 11.8 Å². The van der Waals surface area contributed by atoms with Crippen molar-refractivity contribution in [3.8, 4) is 0 Å².